The van der Waals surface area contributed by atoms with E-state index in [4.69, 9.17) is 10.2 Å². The van der Waals surface area contributed by atoms with Crippen LogP contribution in [0.15, 0.2) is 27.4 Å². The Kier molecular flexibility index (Phi) is 3.19. The summed E-state index contributed by atoms with van der Waals surface area (Å²) in [5.41, 5.74) is 7.89. The maximum absolute atomic E-state index is 11.1. The summed E-state index contributed by atoms with van der Waals surface area (Å²) < 4.78 is 4.96. The minimum atomic E-state index is -0.421. The van der Waals surface area contributed by atoms with Crippen LogP contribution in [0.4, 0.5) is 5.69 Å². The van der Waals surface area contributed by atoms with Crippen LogP contribution in [-0.2, 0) is 0 Å². The molecule has 92 valence electrons. The molecule has 0 fully saturated rings. The number of hydrogen-bond donors (Lipinski definition) is 2. The molecule has 5 heteroatoms. The first kappa shape index (κ1) is 11.7. The molecule has 0 bridgehead atoms. The molecule has 0 amide bonds. The van der Waals surface area contributed by atoms with Gasteiger partial charge in [0, 0.05) is 18.8 Å². The lowest BCUT2D eigenvalue weighted by atomic mass is 10.2. The Balaban J connectivity index is 2.32. The number of hydrogen-bond acceptors (Lipinski definition) is 4. The highest BCUT2D eigenvalue weighted by Gasteiger charge is 2.10. The van der Waals surface area contributed by atoms with Gasteiger partial charge in [-0.3, -0.25) is 4.98 Å². The summed E-state index contributed by atoms with van der Waals surface area (Å²) in [5.74, 6) is -0.421. The van der Waals surface area contributed by atoms with Crippen molar-refractivity contribution in [3.05, 3.63) is 28.7 Å². The van der Waals surface area contributed by atoms with Crippen molar-refractivity contribution in [2.75, 3.05) is 18.5 Å². The molecule has 1 unspecified atom stereocenters. The monoisotopic (exact) mass is 235 g/mol. The minimum Gasteiger partial charge on any atom is -0.408 e. The van der Waals surface area contributed by atoms with Crippen LogP contribution in [0.2, 0.25) is 0 Å². The standard InChI is InChI=1S/C12H17N3O2/c1-8(5-6-13)15(2)9-3-4-11-10(7-9)14-12(16)17-11/h3-4,7-8H,5-6,13H2,1-2H3,(H,14,16). The molecule has 0 saturated heterocycles. The molecule has 0 spiro atoms. The highest BCUT2D eigenvalue weighted by atomic mass is 16.4. The van der Waals surface area contributed by atoms with Crippen LogP contribution in [-0.4, -0.2) is 24.6 Å². The van der Waals surface area contributed by atoms with Crippen LogP contribution in [0, 0.1) is 0 Å². The van der Waals surface area contributed by atoms with Crippen molar-refractivity contribution >= 4 is 16.8 Å². The summed E-state index contributed by atoms with van der Waals surface area (Å²) in [7, 11) is 2.01. The average Bonchev–Trinajstić information content (AvgIpc) is 2.67. The van der Waals surface area contributed by atoms with Crippen LogP contribution in [0.5, 0.6) is 0 Å². The summed E-state index contributed by atoms with van der Waals surface area (Å²) >= 11 is 0. The molecule has 17 heavy (non-hydrogen) atoms. The van der Waals surface area contributed by atoms with Gasteiger partial charge in [0.05, 0.1) is 5.52 Å². The molecule has 2 rings (SSSR count). The molecule has 5 nitrogen and oxygen atoms in total. The fraction of sp³-hybridized carbons (Fsp3) is 0.417. The fourth-order valence-corrected chi connectivity index (χ4v) is 1.85. The van der Waals surface area contributed by atoms with E-state index in [9.17, 15) is 4.79 Å². The number of aromatic nitrogens is 1. The lowest BCUT2D eigenvalue weighted by Crippen LogP contribution is -2.30. The van der Waals surface area contributed by atoms with E-state index in [1.54, 1.807) is 6.07 Å². The number of fused-ring (bicyclic) bond motifs is 1. The van der Waals surface area contributed by atoms with Crippen LogP contribution >= 0.6 is 0 Å². The number of benzene rings is 1. The second-order valence-electron chi connectivity index (χ2n) is 4.23. The Morgan fingerprint density at radius 2 is 2.29 bits per heavy atom. The van der Waals surface area contributed by atoms with Gasteiger partial charge in [0.1, 0.15) is 0 Å². The van der Waals surface area contributed by atoms with Crippen molar-refractivity contribution in [3.8, 4) is 0 Å². The van der Waals surface area contributed by atoms with Crippen molar-refractivity contribution in [1.82, 2.24) is 4.98 Å². The Labute approximate surface area is 99.2 Å². The summed E-state index contributed by atoms with van der Waals surface area (Å²) in [6, 6.07) is 6.00. The lowest BCUT2D eigenvalue weighted by molar-refractivity contribution is 0.555. The first-order valence-corrected chi connectivity index (χ1v) is 5.67. The molecule has 2 aromatic rings. The minimum absolute atomic E-state index is 0.357. The topological polar surface area (TPSA) is 75.3 Å². The Bertz CT molecular complexity index is 558. The predicted octanol–water partition coefficient (Wildman–Crippen LogP) is 1.29. The summed E-state index contributed by atoms with van der Waals surface area (Å²) in [5, 5.41) is 0. The highest BCUT2D eigenvalue weighted by Crippen LogP contribution is 2.21. The first-order valence-electron chi connectivity index (χ1n) is 5.67. The van der Waals surface area contributed by atoms with Gasteiger partial charge in [-0.15, -0.1) is 0 Å². The number of aromatic amines is 1. The van der Waals surface area contributed by atoms with E-state index in [1.165, 1.54) is 0 Å². The number of H-pyrrole nitrogens is 1. The van der Waals surface area contributed by atoms with Gasteiger partial charge < -0.3 is 15.1 Å². The van der Waals surface area contributed by atoms with Gasteiger partial charge in [-0.1, -0.05) is 0 Å². The van der Waals surface area contributed by atoms with Gasteiger partial charge in [0.25, 0.3) is 0 Å². The second kappa shape index (κ2) is 4.63. The van der Waals surface area contributed by atoms with E-state index in [-0.39, 0.29) is 0 Å². The third-order valence-corrected chi connectivity index (χ3v) is 3.06. The molecular weight excluding hydrogens is 218 g/mol. The van der Waals surface area contributed by atoms with Crippen LogP contribution in [0.3, 0.4) is 0 Å². The van der Waals surface area contributed by atoms with Gasteiger partial charge in [-0.2, -0.15) is 0 Å². The molecule has 3 N–H and O–H groups in total. The summed E-state index contributed by atoms with van der Waals surface area (Å²) in [6.45, 7) is 2.78. The van der Waals surface area contributed by atoms with Crippen molar-refractivity contribution in [2.24, 2.45) is 5.73 Å². The van der Waals surface area contributed by atoms with E-state index in [1.807, 2.05) is 19.2 Å². The maximum atomic E-state index is 11.1. The van der Waals surface area contributed by atoms with Crippen molar-refractivity contribution < 1.29 is 4.42 Å². The van der Waals surface area contributed by atoms with Crippen LogP contribution < -0.4 is 16.4 Å². The maximum Gasteiger partial charge on any atom is 0.417 e. The van der Waals surface area contributed by atoms with E-state index in [2.05, 4.69) is 16.8 Å². The van der Waals surface area contributed by atoms with E-state index in [0.29, 0.717) is 18.2 Å². The number of nitrogens with zero attached hydrogens (tertiary/aromatic N) is 1. The van der Waals surface area contributed by atoms with Crippen molar-refractivity contribution in [1.29, 1.82) is 0 Å². The molecular formula is C12H17N3O2. The molecule has 0 aliphatic heterocycles. The molecule has 0 aliphatic rings. The quantitative estimate of drug-likeness (QED) is 0.837. The Hall–Kier alpha value is -1.75. The van der Waals surface area contributed by atoms with Crippen LogP contribution in [0.25, 0.3) is 11.1 Å². The SMILES string of the molecule is CC(CCN)N(C)c1ccc2oc(=O)[nH]c2c1. The number of anilines is 1. The van der Waals surface area contributed by atoms with Gasteiger partial charge in [0.15, 0.2) is 5.58 Å². The third-order valence-electron chi connectivity index (χ3n) is 3.06. The average molecular weight is 235 g/mol. The van der Waals surface area contributed by atoms with Gasteiger partial charge >= 0.3 is 5.76 Å². The molecule has 1 heterocycles. The Morgan fingerprint density at radius 1 is 1.53 bits per heavy atom. The zero-order valence-corrected chi connectivity index (χ0v) is 10.1. The lowest BCUT2D eigenvalue weighted by Gasteiger charge is -2.26. The summed E-state index contributed by atoms with van der Waals surface area (Å²) in [4.78, 5) is 15.8. The van der Waals surface area contributed by atoms with Crippen molar-refractivity contribution in [2.45, 2.75) is 19.4 Å². The van der Waals surface area contributed by atoms with Crippen LogP contribution in [0.1, 0.15) is 13.3 Å². The molecule has 0 radical (unpaired) electrons. The molecule has 1 atom stereocenters. The zero-order chi connectivity index (χ0) is 12.4. The van der Waals surface area contributed by atoms with Gasteiger partial charge in [-0.25, -0.2) is 4.79 Å². The van der Waals surface area contributed by atoms with Gasteiger partial charge in [-0.05, 0) is 38.1 Å². The normalized spacial score (nSPS) is 12.9. The largest absolute Gasteiger partial charge is 0.417 e. The number of nitrogens with two attached hydrogens (primary N) is 1. The molecule has 1 aromatic carbocycles. The summed E-state index contributed by atoms with van der Waals surface area (Å²) in [6.07, 6.45) is 0.927. The van der Waals surface area contributed by atoms with Gasteiger partial charge in [0.2, 0.25) is 0 Å². The first-order chi connectivity index (χ1) is 8.11. The molecule has 1 aromatic heterocycles. The smallest absolute Gasteiger partial charge is 0.408 e. The predicted molar refractivity (Wildman–Crippen MR) is 68.4 cm³/mol. The third kappa shape index (κ3) is 2.34. The number of rotatable bonds is 4. The molecule has 0 aliphatic carbocycles. The van der Waals surface area contributed by atoms with Crippen molar-refractivity contribution in [3.63, 3.8) is 0 Å². The number of nitrogens with one attached hydrogen (secondary N) is 1. The van der Waals surface area contributed by atoms with E-state index >= 15 is 0 Å². The van der Waals surface area contributed by atoms with E-state index < -0.39 is 5.76 Å². The highest BCUT2D eigenvalue weighted by molar-refractivity contribution is 5.77. The Morgan fingerprint density at radius 3 is 3.00 bits per heavy atom. The zero-order valence-electron chi connectivity index (χ0n) is 10.1. The fourth-order valence-electron chi connectivity index (χ4n) is 1.85. The second-order valence-corrected chi connectivity index (χ2v) is 4.23. The van der Waals surface area contributed by atoms with E-state index in [0.717, 1.165) is 17.6 Å². The molecule has 0 saturated carbocycles. The number of oxazole rings is 1.